The molecule has 1 saturated carbocycles. The van der Waals surface area contributed by atoms with Gasteiger partial charge in [0.2, 0.25) is 5.91 Å². The fourth-order valence-electron chi connectivity index (χ4n) is 3.26. The SMILES string of the molecule is CC1(C(=O)NCCc2ccc(C(C)(C)C)cc2)CCCCC1. The number of amides is 1. The van der Waals surface area contributed by atoms with Crippen molar-refractivity contribution in [1.82, 2.24) is 5.32 Å². The summed E-state index contributed by atoms with van der Waals surface area (Å²) in [6, 6.07) is 8.79. The van der Waals surface area contributed by atoms with Crippen molar-refractivity contribution in [3.05, 3.63) is 35.4 Å². The second kappa shape index (κ2) is 6.85. The van der Waals surface area contributed by atoms with Crippen LogP contribution in [0.2, 0.25) is 0 Å². The first-order chi connectivity index (χ1) is 10.3. The minimum Gasteiger partial charge on any atom is -0.355 e. The third kappa shape index (κ3) is 4.34. The molecule has 1 fully saturated rings. The monoisotopic (exact) mass is 301 g/mol. The molecule has 22 heavy (non-hydrogen) atoms. The first-order valence-electron chi connectivity index (χ1n) is 8.69. The van der Waals surface area contributed by atoms with Crippen LogP contribution in [0, 0.1) is 5.41 Å². The van der Waals surface area contributed by atoms with Gasteiger partial charge in [0, 0.05) is 12.0 Å². The van der Waals surface area contributed by atoms with Gasteiger partial charge in [0.15, 0.2) is 0 Å². The fourth-order valence-corrected chi connectivity index (χ4v) is 3.26. The van der Waals surface area contributed by atoms with Crippen LogP contribution in [0.15, 0.2) is 24.3 Å². The number of hydrogen-bond acceptors (Lipinski definition) is 1. The zero-order valence-corrected chi connectivity index (χ0v) is 14.7. The van der Waals surface area contributed by atoms with Gasteiger partial charge in [-0.1, -0.05) is 71.2 Å². The van der Waals surface area contributed by atoms with Crippen LogP contribution in [0.1, 0.15) is 70.9 Å². The second-order valence-electron chi connectivity index (χ2n) is 8.07. The van der Waals surface area contributed by atoms with Gasteiger partial charge in [-0.2, -0.15) is 0 Å². The van der Waals surface area contributed by atoms with Gasteiger partial charge in [-0.3, -0.25) is 4.79 Å². The van der Waals surface area contributed by atoms with E-state index in [9.17, 15) is 4.79 Å². The van der Waals surface area contributed by atoms with Crippen LogP contribution in [0.25, 0.3) is 0 Å². The van der Waals surface area contributed by atoms with Crippen LogP contribution < -0.4 is 5.32 Å². The normalized spacial score (nSPS) is 18.0. The van der Waals surface area contributed by atoms with E-state index in [1.165, 1.54) is 30.4 Å². The van der Waals surface area contributed by atoms with E-state index >= 15 is 0 Å². The molecule has 0 aliphatic heterocycles. The number of benzene rings is 1. The molecule has 0 aromatic heterocycles. The molecule has 0 bridgehead atoms. The molecule has 1 aliphatic rings. The second-order valence-corrected chi connectivity index (χ2v) is 8.07. The van der Waals surface area contributed by atoms with E-state index in [0.29, 0.717) is 0 Å². The van der Waals surface area contributed by atoms with E-state index in [0.717, 1.165) is 25.8 Å². The van der Waals surface area contributed by atoms with Crippen LogP contribution in [-0.2, 0) is 16.6 Å². The Balaban J connectivity index is 1.82. The van der Waals surface area contributed by atoms with Gasteiger partial charge in [0.05, 0.1) is 0 Å². The average Bonchev–Trinajstić information content (AvgIpc) is 2.47. The molecule has 0 saturated heterocycles. The summed E-state index contributed by atoms with van der Waals surface area (Å²) in [6.07, 6.45) is 6.66. The zero-order valence-electron chi connectivity index (χ0n) is 14.7. The molecule has 2 nitrogen and oxygen atoms in total. The molecule has 0 heterocycles. The minimum absolute atomic E-state index is 0.131. The highest BCUT2D eigenvalue weighted by molar-refractivity contribution is 5.82. The summed E-state index contributed by atoms with van der Waals surface area (Å²) in [6.45, 7) is 9.55. The number of hydrogen-bond donors (Lipinski definition) is 1. The molecule has 0 atom stereocenters. The highest BCUT2D eigenvalue weighted by Gasteiger charge is 2.33. The highest BCUT2D eigenvalue weighted by atomic mass is 16.2. The summed E-state index contributed by atoms with van der Waals surface area (Å²) in [5, 5.41) is 3.15. The van der Waals surface area contributed by atoms with Crippen LogP contribution in [-0.4, -0.2) is 12.5 Å². The van der Waals surface area contributed by atoms with Crippen molar-refractivity contribution >= 4 is 5.91 Å². The van der Waals surface area contributed by atoms with E-state index in [-0.39, 0.29) is 16.7 Å². The van der Waals surface area contributed by atoms with Gasteiger partial charge in [0.25, 0.3) is 0 Å². The lowest BCUT2D eigenvalue weighted by Gasteiger charge is -2.32. The largest absolute Gasteiger partial charge is 0.355 e. The van der Waals surface area contributed by atoms with Crippen molar-refractivity contribution in [3.8, 4) is 0 Å². The summed E-state index contributed by atoms with van der Waals surface area (Å²) < 4.78 is 0. The molecule has 0 unspecified atom stereocenters. The van der Waals surface area contributed by atoms with Crippen molar-refractivity contribution in [2.45, 2.75) is 71.6 Å². The van der Waals surface area contributed by atoms with Crippen LogP contribution in [0.3, 0.4) is 0 Å². The maximum absolute atomic E-state index is 12.4. The summed E-state index contributed by atoms with van der Waals surface area (Å²) in [4.78, 5) is 12.4. The van der Waals surface area contributed by atoms with Crippen LogP contribution >= 0.6 is 0 Å². The first kappa shape index (κ1) is 17.1. The number of nitrogens with one attached hydrogen (secondary N) is 1. The number of carbonyl (C=O) groups is 1. The molecule has 1 aromatic carbocycles. The Labute approximate surface area is 135 Å². The standard InChI is InChI=1S/C20H31NO/c1-19(2,3)17-10-8-16(9-11-17)12-15-21-18(22)20(4)13-6-5-7-14-20/h8-11H,5-7,12-15H2,1-4H3,(H,21,22). The Morgan fingerprint density at radius 2 is 1.68 bits per heavy atom. The molecule has 1 aromatic rings. The average molecular weight is 301 g/mol. The van der Waals surface area contributed by atoms with E-state index in [1.54, 1.807) is 0 Å². The molecule has 122 valence electrons. The minimum atomic E-state index is -0.131. The Hall–Kier alpha value is -1.31. The Morgan fingerprint density at radius 1 is 1.09 bits per heavy atom. The first-order valence-corrected chi connectivity index (χ1v) is 8.69. The van der Waals surface area contributed by atoms with Gasteiger partial charge in [-0.25, -0.2) is 0 Å². The summed E-state index contributed by atoms with van der Waals surface area (Å²) >= 11 is 0. The Bertz CT molecular complexity index is 489. The topological polar surface area (TPSA) is 29.1 Å². The van der Waals surface area contributed by atoms with E-state index in [4.69, 9.17) is 0 Å². The summed E-state index contributed by atoms with van der Waals surface area (Å²) in [5.74, 6) is 0.249. The van der Waals surface area contributed by atoms with E-state index < -0.39 is 0 Å². The van der Waals surface area contributed by atoms with Crippen LogP contribution in [0.5, 0.6) is 0 Å². The summed E-state index contributed by atoms with van der Waals surface area (Å²) in [7, 11) is 0. The van der Waals surface area contributed by atoms with E-state index in [1.807, 2.05) is 0 Å². The number of carbonyl (C=O) groups excluding carboxylic acids is 1. The molecule has 2 rings (SSSR count). The highest BCUT2D eigenvalue weighted by Crippen LogP contribution is 2.35. The van der Waals surface area contributed by atoms with Gasteiger partial charge >= 0.3 is 0 Å². The smallest absolute Gasteiger partial charge is 0.225 e. The van der Waals surface area contributed by atoms with Crippen molar-refractivity contribution in [2.75, 3.05) is 6.54 Å². The lowest BCUT2D eigenvalue weighted by molar-refractivity contribution is -0.131. The molecule has 0 spiro atoms. The Morgan fingerprint density at radius 3 is 2.23 bits per heavy atom. The third-order valence-corrected chi connectivity index (χ3v) is 5.02. The molecular weight excluding hydrogens is 270 g/mol. The van der Waals surface area contributed by atoms with Gasteiger partial charge < -0.3 is 5.32 Å². The van der Waals surface area contributed by atoms with Crippen molar-refractivity contribution in [2.24, 2.45) is 5.41 Å². The molecule has 2 heteroatoms. The molecule has 1 amide bonds. The van der Waals surface area contributed by atoms with Gasteiger partial charge in [-0.15, -0.1) is 0 Å². The van der Waals surface area contributed by atoms with Crippen molar-refractivity contribution in [1.29, 1.82) is 0 Å². The fraction of sp³-hybridized carbons (Fsp3) is 0.650. The molecule has 1 N–H and O–H groups in total. The van der Waals surface area contributed by atoms with Crippen molar-refractivity contribution in [3.63, 3.8) is 0 Å². The predicted octanol–water partition coefficient (Wildman–Crippen LogP) is 4.61. The van der Waals surface area contributed by atoms with Crippen LogP contribution in [0.4, 0.5) is 0 Å². The summed E-state index contributed by atoms with van der Waals surface area (Å²) in [5.41, 5.74) is 2.72. The molecular formula is C20H31NO. The predicted molar refractivity (Wildman–Crippen MR) is 93.0 cm³/mol. The number of rotatable bonds is 4. The lowest BCUT2D eigenvalue weighted by atomic mass is 9.75. The molecule has 0 radical (unpaired) electrons. The quantitative estimate of drug-likeness (QED) is 0.864. The zero-order chi connectivity index (χ0) is 16.2. The maximum atomic E-state index is 12.4. The van der Waals surface area contributed by atoms with Gasteiger partial charge in [-0.05, 0) is 35.8 Å². The van der Waals surface area contributed by atoms with Gasteiger partial charge in [0.1, 0.15) is 0 Å². The van der Waals surface area contributed by atoms with Crippen molar-refractivity contribution < 1.29 is 4.79 Å². The Kier molecular flexibility index (Phi) is 5.31. The third-order valence-electron chi connectivity index (χ3n) is 5.02. The van der Waals surface area contributed by atoms with E-state index in [2.05, 4.69) is 57.3 Å². The lowest BCUT2D eigenvalue weighted by Crippen LogP contribution is -2.41. The maximum Gasteiger partial charge on any atom is 0.225 e. The molecule has 1 aliphatic carbocycles.